The highest BCUT2D eigenvalue weighted by Gasteiger charge is 2.34. The molecular weight excluding hydrogens is 426 g/mol. The van der Waals surface area contributed by atoms with Gasteiger partial charge >= 0.3 is 0 Å². The summed E-state index contributed by atoms with van der Waals surface area (Å²) in [5, 5.41) is 3.29. The standard InChI is InChI=1S/C26H33N5O2.CH4/c1-18(2)17-31(21-14-20(24(27)32)15-28-16-21)26(33)25-29-22-10-6-7-11-23(22)30(25)13-12-19-8-4-3-5-9-19;/h3-11,18,20-21,28H,12-17H2,1-2H3,(H2,27,32);1H4/t20-,21+;/m1./s1. The van der Waals surface area contributed by atoms with E-state index in [9.17, 15) is 9.59 Å². The molecule has 34 heavy (non-hydrogen) atoms. The summed E-state index contributed by atoms with van der Waals surface area (Å²) in [6.07, 6.45) is 1.38. The molecule has 1 aliphatic heterocycles. The minimum absolute atomic E-state index is 0. The topological polar surface area (TPSA) is 93.2 Å². The van der Waals surface area contributed by atoms with Gasteiger partial charge in [0.25, 0.3) is 5.91 Å². The van der Waals surface area contributed by atoms with Crippen molar-refractivity contribution < 1.29 is 9.59 Å². The Kier molecular flexibility index (Phi) is 8.45. The van der Waals surface area contributed by atoms with E-state index in [0.717, 1.165) is 17.5 Å². The smallest absolute Gasteiger partial charge is 0.290 e. The van der Waals surface area contributed by atoms with E-state index in [-0.39, 0.29) is 37.1 Å². The third-order valence-electron chi connectivity index (χ3n) is 6.31. The number of carbonyl (C=O) groups excluding carboxylic acids is 2. The Morgan fingerprint density at radius 2 is 1.82 bits per heavy atom. The van der Waals surface area contributed by atoms with Crippen LogP contribution in [0.5, 0.6) is 0 Å². The van der Waals surface area contributed by atoms with Crippen molar-refractivity contribution in [3.05, 3.63) is 66.0 Å². The molecule has 1 aromatic heterocycles. The molecule has 0 radical (unpaired) electrons. The summed E-state index contributed by atoms with van der Waals surface area (Å²) in [6, 6.07) is 18.1. The van der Waals surface area contributed by atoms with Crippen LogP contribution in [0.15, 0.2) is 54.6 Å². The Morgan fingerprint density at radius 3 is 2.53 bits per heavy atom. The minimum Gasteiger partial charge on any atom is -0.369 e. The summed E-state index contributed by atoms with van der Waals surface area (Å²) in [5.41, 5.74) is 8.58. The molecule has 7 nitrogen and oxygen atoms in total. The number of nitrogens with one attached hydrogen (secondary N) is 1. The van der Waals surface area contributed by atoms with E-state index in [4.69, 9.17) is 10.7 Å². The molecule has 2 heterocycles. The minimum atomic E-state index is -0.320. The van der Waals surface area contributed by atoms with Gasteiger partial charge in [0.15, 0.2) is 5.82 Å². The van der Waals surface area contributed by atoms with Crippen molar-refractivity contribution in [2.45, 2.75) is 46.7 Å². The van der Waals surface area contributed by atoms with E-state index < -0.39 is 0 Å². The molecule has 7 heteroatoms. The number of fused-ring (bicyclic) bond motifs is 1. The number of nitrogens with two attached hydrogens (primary N) is 1. The van der Waals surface area contributed by atoms with Gasteiger partial charge in [0.2, 0.25) is 5.91 Å². The van der Waals surface area contributed by atoms with Crippen molar-refractivity contribution >= 4 is 22.8 Å². The Hall–Kier alpha value is -3.19. The fraction of sp³-hybridized carbons (Fsp3) is 0.444. The lowest BCUT2D eigenvalue weighted by atomic mass is 9.93. The van der Waals surface area contributed by atoms with Gasteiger partial charge in [-0.05, 0) is 36.5 Å². The first-order chi connectivity index (χ1) is 15.9. The molecular formula is C27H37N5O2. The molecule has 0 unspecified atom stereocenters. The van der Waals surface area contributed by atoms with E-state index in [1.54, 1.807) is 0 Å². The van der Waals surface area contributed by atoms with Crippen LogP contribution in [-0.2, 0) is 17.8 Å². The molecule has 2 amide bonds. The molecule has 2 atom stereocenters. The summed E-state index contributed by atoms with van der Waals surface area (Å²) >= 11 is 0. The SMILES string of the molecule is C.CC(C)CN(C(=O)c1nc2ccccc2n1CCc1ccccc1)[C@@H]1CNC[C@H](C(N)=O)C1. The van der Waals surface area contributed by atoms with Crippen molar-refractivity contribution in [1.29, 1.82) is 0 Å². The fourth-order valence-electron chi connectivity index (χ4n) is 4.64. The first-order valence-electron chi connectivity index (χ1n) is 11.7. The molecule has 0 spiro atoms. The van der Waals surface area contributed by atoms with E-state index in [1.807, 2.05) is 51.9 Å². The predicted molar refractivity (Wildman–Crippen MR) is 136 cm³/mol. The molecule has 0 bridgehead atoms. The molecule has 0 saturated carbocycles. The third kappa shape index (κ3) is 5.65. The van der Waals surface area contributed by atoms with Crippen LogP contribution in [-0.4, -0.2) is 51.9 Å². The van der Waals surface area contributed by atoms with E-state index in [2.05, 4.69) is 31.3 Å². The number of aryl methyl sites for hydroxylation is 2. The molecule has 0 aliphatic carbocycles. The number of nitrogens with zero attached hydrogens (tertiary/aromatic N) is 3. The van der Waals surface area contributed by atoms with Crippen LogP contribution in [0.2, 0.25) is 0 Å². The first kappa shape index (κ1) is 25.4. The van der Waals surface area contributed by atoms with E-state index >= 15 is 0 Å². The summed E-state index contributed by atoms with van der Waals surface area (Å²) in [6.45, 7) is 6.66. The largest absolute Gasteiger partial charge is 0.369 e. The number of rotatable bonds is 8. The summed E-state index contributed by atoms with van der Waals surface area (Å²) in [7, 11) is 0. The van der Waals surface area contributed by atoms with Gasteiger partial charge in [-0.15, -0.1) is 0 Å². The predicted octanol–water partition coefficient (Wildman–Crippen LogP) is 3.48. The van der Waals surface area contributed by atoms with Crippen LogP contribution in [0, 0.1) is 11.8 Å². The second kappa shape index (κ2) is 11.3. The Labute approximate surface area is 202 Å². The molecule has 3 N–H and O–H groups in total. The maximum Gasteiger partial charge on any atom is 0.290 e. The maximum atomic E-state index is 14.0. The molecule has 2 aromatic carbocycles. The Morgan fingerprint density at radius 1 is 1.12 bits per heavy atom. The molecule has 3 aromatic rings. The third-order valence-corrected chi connectivity index (χ3v) is 6.31. The number of aromatic nitrogens is 2. The van der Waals surface area contributed by atoms with Crippen LogP contribution in [0.25, 0.3) is 11.0 Å². The number of hydrogen-bond donors (Lipinski definition) is 2. The monoisotopic (exact) mass is 463 g/mol. The van der Waals surface area contributed by atoms with Gasteiger partial charge in [0, 0.05) is 32.2 Å². The number of benzene rings is 2. The zero-order valence-electron chi connectivity index (χ0n) is 19.4. The molecule has 1 saturated heterocycles. The highest BCUT2D eigenvalue weighted by atomic mass is 16.2. The van der Waals surface area contributed by atoms with Gasteiger partial charge in [-0.2, -0.15) is 0 Å². The average Bonchev–Trinajstić information content (AvgIpc) is 3.20. The van der Waals surface area contributed by atoms with Crippen LogP contribution in [0.4, 0.5) is 0 Å². The zero-order valence-corrected chi connectivity index (χ0v) is 19.4. The number of imidazole rings is 1. The van der Waals surface area contributed by atoms with E-state index in [1.165, 1.54) is 5.56 Å². The van der Waals surface area contributed by atoms with Gasteiger partial charge < -0.3 is 20.5 Å². The van der Waals surface area contributed by atoms with Crippen molar-refractivity contribution in [2.75, 3.05) is 19.6 Å². The van der Waals surface area contributed by atoms with Gasteiger partial charge in [0.05, 0.1) is 17.0 Å². The highest BCUT2D eigenvalue weighted by molar-refractivity contribution is 5.95. The van der Waals surface area contributed by atoms with Crippen LogP contribution in [0.3, 0.4) is 0 Å². The van der Waals surface area contributed by atoms with Crippen LogP contribution < -0.4 is 11.1 Å². The number of hydrogen-bond acceptors (Lipinski definition) is 4. The van der Waals surface area contributed by atoms with Gasteiger partial charge in [-0.3, -0.25) is 9.59 Å². The molecule has 1 aliphatic rings. The first-order valence-corrected chi connectivity index (χ1v) is 11.7. The number of piperidine rings is 1. The number of amides is 2. The van der Waals surface area contributed by atoms with Crippen molar-refractivity contribution in [2.24, 2.45) is 17.6 Å². The lowest BCUT2D eigenvalue weighted by Gasteiger charge is -2.38. The van der Waals surface area contributed by atoms with Gasteiger partial charge in [0.1, 0.15) is 0 Å². The van der Waals surface area contributed by atoms with Crippen molar-refractivity contribution in [3.8, 4) is 0 Å². The van der Waals surface area contributed by atoms with E-state index in [0.29, 0.717) is 38.4 Å². The normalized spacial score (nSPS) is 18.0. The fourth-order valence-corrected chi connectivity index (χ4v) is 4.64. The van der Waals surface area contributed by atoms with Crippen LogP contribution in [0.1, 0.15) is 43.9 Å². The average molecular weight is 464 g/mol. The lowest BCUT2D eigenvalue weighted by molar-refractivity contribution is -0.122. The molecule has 1 fully saturated rings. The number of para-hydroxylation sites is 2. The number of primary amides is 1. The van der Waals surface area contributed by atoms with Crippen LogP contribution >= 0.6 is 0 Å². The second-order valence-electron chi connectivity index (χ2n) is 9.31. The quantitative estimate of drug-likeness (QED) is 0.535. The summed E-state index contributed by atoms with van der Waals surface area (Å²) in [4.78, 5) is 32.5. The highest BCUT2D eigenvalue weighted by Crippen LogP contribution is 2.23. The molecule has 182 valence electrons. The second-order valence-corrected chi connectivity index (χ2v) is 9.31. The summed E-state index contributed by atoms with van der Waals surface area (Å²) in [5.74, 6) is 0.0475. The van der Waals surface area contributed by atoms with Gasteiger partial charge in [-0.1, -0.05) is 63.7 Å². The molecule has 4 rings (SSSR count). The maximum absolute atomic E-state index is 14.0. The van der Waals surface area contributed by atoms with Gasteiger partial charge in [-0.25, -0.2) is 4.98 Å². The van der Waals surface area contributed by atoms with Crippen molar-refractivity contribution in [1.82, 2.24) is 19.8 Å². The number of carbonyl (C=O) groups is 2. The lowest BCUT2D eigenvalue weighted by Crippen LogP contribution is -2.54. The zero-order chi connectivity index (χ0) is 23.4. The Balaban J connectivity index is 0.00000324. The van der Waals surface area contributed by atoms with Crippen molar-refractivity contribution in [3.63, 3.8) is 0 Å². The Bertz CT molecular complexity index is 1110. The summed E-state index contributed by atoms with van der Waals surface area (Å²) < 4.78 is 2.04.